The van der Waals surface area contributed by atoms with Crippen molar-refractivity contribution < 1.29 is 18.0 Å². The maximum atomic E-state index is 12.4. The first-order valence-electron chi connectivity index (χ1n) is 8.58. The summed E-state index contributed by atoms with van der Waals surface area (Å²) in [7, 11) is -1.75. The van der Waals surface area contributed by atoms with Gasteiger partial charge in [-0.1, -0.05) is 25.1 Å². The van der Waals surface area contributed by atoms with Crippen LogP contribution in [0.25, 0.3) is 10.9 Å². The summed E-state index contributed by atoms with van der Waals surface area (Å²) in [6.45, 7) is 1.95. The first-order valence-corrected chi connectivity index (χ1v) is 10.1. The van der Waals surface area contributed by atoms with Gasteiger partial charge in [0.05, 0.1) is 10.5 Å². The summed E-state index contributed by atoms with van der Waals surface area (Å²) >= 11 is 0. The van der Waals surface area contributed by atoms with Crippen molar-refractivity contribution in [2.24, 2.45) is 7.05 Å². The average molecular weight is 400 g/mol. The summed E-state index contributed by atoms with van der Waals surface area (Å²) in [6, 6.07) is 12.9. The monoisotopic (exact) mass is 400 g/mol. The van der Waals surface area contributed by atoms with Crippen molar-refractivity contribution in [3.8, 4) is 0 Å². The van der Waals surface area contributed by atoms with Crippen LogP contribution in [0.5, 0.6) is 0 Å². The van der Waals surface area contributed by atoms with Crippen molar-refractivity contribution in [2.45, 2.75) is 11.8 Å². The number of hydrogen-bond acceptors (Lipinski definition) is 4. The molecule has 8 nitrogen and oxygen atoms in total. The normalized spacial score (nSPS) is 11.4. The maximum absolute atomic E-state index is 12.4. The van der Waals surface area contributed by atoms with Gasteiger partial charge in [-0.3, -0.25) is 20.4 Å². The van der Waals surface area contributed by atoms with Crippen LogP contribution in [0.15, 0.2) is 59.6 Å². The lowest BCUT2D eigenvalue weighted by molar-refractivity contribution is 0.0847. The number of sulfonamides is 1. The number of nitrogens with one attached hydrogen (secondary N) is 3. The first-order chi connectivity index (χ1) is 13.3. The summed E-state index contributed by atoms with van der Waals surface area (Å²) in [5.74, 6) is -1.00. The van der Waals surface area contributed by atoms with Gasteiger partial charge in [-0.05, 0) is 30.3 Å². The molecular weight excluding hydrogens is 380 g/mol. The highest BCUT2D eigenvalue weighted by atomic mass is 32.2. The van der Waals surface area contributed by atoms with Gasteiger partial charge in [0.2, 0.25) is 10.0 Å². The van der Waals surface area contributed by atoms with Crippen molar-refractivity contribution in [2.75, 3.05) is 6.54 Å². The van der Waals surface area contributed by atoms with Crippen LogP contribution in [0, 0.1) is 0 Å². The Balaban J connectivity index is 1.69. The molecular formula is C19H20N4O4S. The van der Waals surface area contributed by atoms with Crippen LogP contribution in [-0.4, -0.2) is 31.3 Å². The summed E-state index contributed by atoms with van der Waals surface area (Å²) in [6.07, 6.45) is 1.69. The molecule has 9 heteroatoms. The van der Waals surface area contributed by atoms with Crippen molar-refractivity contribution >= 4 is 32.7 Å². The number of para-hydroxylation sites is 1. The quantitative estimate of drug-likeness (QED) is 0.565. The molecule has 0 saturated carbocycles. The van der Waals surface area contributed by atoms with Gasteiger partial charge in [0.1, 0.15) is 0 Å². The number of amides is 2. The summed E-state index contributed by atoms with van der Waals surface area (Å²) < 4.78 is 28.1. The smallest absolute Gasteiger partial charge is 0.271 e. The van der Waals surface area contributed by atoms with E-state index in [0.29, 0.717) is 5.56 Å². The predicted molar refractivity (Wildman–Crippen MR) is 105 cm³/mol. The number of rotatable bonds is 5. The van der Waals surface area contributed by atoms with Crippen LogP contribution >= 0.6 is 0 Å². The SMILES string of the molecule is CCNS(=O)(=O)c1ccc(C(=O)NNC(=O)c2cn(C)c3ccccc23)cc1. The van der Waals surface area contributed by atoms with Gasteiger partial charge in [-0.2, -0.15) is 0 Å². The zero-order valence-corrected chi connectivity index (χ0v) is 16.2. The molecule has 0 fully saturated rings. The molecule has 0 radical (unpaired) electrons. The molecule has 0 spiro atoms. The molecule has 1 aromatic heterocycles. The van der Waals surface area contributed by atoms with Crippen molar-refractivity contribution in [1.82, 2.24) is 20.1 Å². The number of carbonyl (C=O) groups excluding carboxylic acids is 2. The summed E-state index contributed by atoms with van der Waals surface area (Å²) in [4.78, 5) is 24.7. The number of aromatic nitrogens is 1. The second kappa shape index (κ2) is 7.83. The van der Waals surface area contributed by atoms with Crippen molar-refractivity contribution in [3.63, 3.8) is 0 Å². The molecule has 3 aromatic rings. The van der Waals surface area contributed by atoms with Crippen LogP contribution in [0.3, 0.4) is 0 Å². The second-order valence-corrected chi connectivity index (χ2v) is 7.87. The number of hydrazine groups is 1. The topological polar surface area (TPSA) is 109 Å². The van der Waals surface area contributed by atoms with Crippen LogP contribution in [0.4, 0.5) is 0 Å². The molecule has 3 N–H and O–H groups in total. The third kappa shape index (κ3) is 3.90. The molecule has 2 aromatic carbocycles. The molecule has 0 atom stereocenters. The van der Waals surface area contributed by atoms with Crippen LogP contribution in [-0.2, 0) is 17.1 Å². The second-order valence-electron chi connectivity index (χ2n) is 6.10. The van der Waals surface area contributed by atoms with Gasteiger partial charge >= 0.3 is 0 Å². The van der Waals surface area contributed by atoms with Gasteiger partial charge in [0, 0.05) is 36.3 Å². The van der Waals surface area contributed by atoms with E-state index in [4.69, 9.17) is 0 Å². The number of hydrogen-bond donors (Lipinski definition) is 3. The maximum Gasteiger partial charge on any atom is 0.271 e. The minimum Gasteiger partial charge on any atom is -0.350 e. The highest BCUT2D eigenvalue weighted by molar-refractivity contribution is 7.89. The van der Waals surface area contributed by atoms with Crippen LogP contribution in [0.2, 0.25) is 0 Å². The highest BCUT2D eigenvalue weighted by Gasteiger charge is 2.16. The van der Waals surface area contributed by atoms with Crippen molar-refractivity contribution in [3.05, 3.63) is 65.9 Å². The summed E-state index contributed by atoms with van der Waals surface area (Å²) in [5, 5.41) is 0.773. The lowest BCUT2D eigenvalue weighted by Gasteiger charge is -2.08. The molecule has 0 aliphatic carbocycles. The third-order valence-corrected chi connectivity index (χ3v) is 5.75. The fourth-order valence-corrected chi connectivity index (χ4v) is 3.88. The number of fused-ring (bicyclic) bond motifs is 1. The van der Waals surface area contributed by atoms with Crippen LogP contribution in [0.1, 0.15) is 27.6 Å². The average Bonchev–Trinajstić information content (AvgIpc) is 3.03. The minimum atomic E-state index is -3.59. The Morgan fingerprint density at radius 3 is 2.29 bits per heavy atom. The molecule has 0 aliphatic heterocycles. The van der Waals surface area contributed by atoms with E-state index in [-0.39, 0.29) is 17.0 Å². The fraction of sp³-hybridized carbons (Fsp3) is 0.158. The van der Waals surface area contributed by atoms with E-state index in [1.165, 1.54) is 24.3 Å². The standard InChI is InChI=1S/C19H20N4O4S/c1-3-20-28(26,27)14-10-8-13(9-11-14)18(24)21-22-19(25)16-12-23(2)17-7-5-4-6-15(16)17/h4-12,20H,3H2,1-2H3,(H,21,24)(H,22,25). The number of aryl methyl sites for hydroxylation is 1. The minimum absolute atomic E-state index is 0.0608. The van der Waals surface area contributed by atoms with E-state index in [1.54, 1.807) is 13.1 Å². The molecule has 28 heavy (non-hydrogen) atoms. The molecule has 0 bridgehead atoms. The Morgan fingerprint density at radius 1 is 0.964 bits per heavy atom. The number of carbonyl (C=O) groups is 2. The molecule has 146 valence electrons. The molecule has 0 aliphatic rings. The lowest BCUT2D eigenvalue weighted by atomic mass is 10.2. The zero-order valence-electron chi connectivity index (χ0n) is 15.4. The van der Waals surface area contributed by atoms with Gasteiger partial charge in [0.25, 0.3) is 11.8 Å². The fourth-order valence-electron chi connectivity index (χ4n) is 2.83. The van der Waals surface area contributed by atoms with E-state index >= 15 is 0 Å². The Hall–Kier alpha value is -3.17. The molecule has 3 rings (SSSR count). The lowest BCUT2D eigenvalue weighted by Crippen LogP contribution is -2.41. The van der Waals surface area contributed by atoms with E-state index in [0.717, 1.165) is 10.9 Å². The van der Waals surface area contributed by atoms with Gasteiger partial charge in [-0.25, -0.2) is 13.1 Å². The highest BCUT2D eigenvalue weighted by Crippen LogP contribution is 2.19. The predicted octanol–water partition coefficient (Wildman–Crippen LogP) is 1.55. The third-order valence-electron chi connectivity index (χ3n) is 4.19. The Morgan fingerprint density at radius 2 is 1.61 bits per heavy atom. The van der Waals surface area contributed by atoms with Gasteiger partial charge < -0.3 is 4.57 Å². The number of benzene rings is 2. The van der Waals surface area contributed by atoms with Crippen molar-refractivity contribution in [1.29, 1.82) is 0 Å². The molecule has 0 saturated heterocycles. The largest absolute Gasteiger partial charge is 0.350 e. The molecule has 1 heterocycles. The van der Waals surface area contributed by atoms with E-state index in [1.807, 2.05) is 35.9 Å². The Bertz CT molecular complexity index is 1130. The summed E-state index contributed by atoms with van der Waals surface area (Å²) in [5.41, 5.74) is 6.28. The first kappa shape index (κ1) is 19.6. The number of nitrogens with zero attached hydrogens (tertiary/aromatic N) is 1. The van der Waals surface area contributed by atoms with Gasteiger partial charge in [0.15, 0.2) is 0 Å². The van der Waals surface area contributed by atoms with Crippen LogP contribution < -0.4 is 15.6 Å². The molecule has 2 amide bonds. The van der Waals surface area contributed by atoms with E-state index in [2.05, 4.69) is 15.6 Å². The van der Waals surface area contributed by atoms with E-state index < -0.39 is 21.8 Å². The van der Waals surface area contributed by atoms with Gasteiger partial charge in [-0.15, -0.1) is 0 Å². The van der Waals surface area contributed by atoms with E-state index in [9.17, 15) is 18.0 Å². The zero-order chi connectivity index (χ0) is 20.3. The molecule has 0 unspecified atom stereocenters. The Labute approximate surface area is 162 Å². The Kier molecular flexibility index (Phi) is 5.48.